The predicted octanol–water partition coefficient (Wildman–Crippen LogP) is 3.05. The van der Waals surface area contributed by atoms with E-state index in [0.717, 1.165) is 18.4 Å². The molecule has 9 nitrogen and oxygen atoms in total. The van der Waals surface area contributed by atoms with Crippen molar-refractivity contribution in [2.75, 3.05) is 10.6 Å². The third-order valence-corrected chi connectivity index (χ3v) is 5.57. The number of carbonyl (C=O) groups is 2. The third kappa shape index (κ3) is 4.19. The average molecular weight is 458 g/mol. The number of fused-ring (bicyclic) bond motifs is 1. The molecule has 2 aromatic heterocycles. The van der Waals surface area contributed by atoms with E-state index in [1.54, 1.807) is 28.9 Å². The SMILES string of the molecule is O=C1C/C(=C\c2cnn3c(NC4CC4)nc(NCc4ccc(Cl)cc4Cl)nc23)C(=O)N1. The van der Waals surface area contributed by atoms with Crippen molar-refractivity contribution in [3.05, 3.63) is 51.1 Å². The number of nitrogens with one attached hydrogen (secondary N) is 3. The normalized spacial score (nSPS) is 17.4. The molecule has 3 heterocycles. The lowest BCUT2D eigenvalue weighted by Crippen LogP contribution is -2.19. The van der Waals surface area contributed by atoms with E-state index in [-0.39, 0.29) is 12.3 Å². The van der Waals surface area contributed by atoms with E-state index in [1.807, 2.05) is 6.07 Å². The number of nitrogens with zero attached hydrogens (tertiary/aromatic N) is 4. The highest BCUT2D eigenvalue weighted by Gasteiger charge is 2.26. The van der Waals surface area contributed by atoms with Crippen LogP contribution in [0.5, 0.6) is 0 Å². The van der Waals surface area contributed by atoms with E-state index >= 15 is 0 Å². The highest BCUT2D eigenvalue weighted by atomic mass is 35.5. The summed E-state index contributed by atoms with van der Waals surface area (Å²) < 4.78 is 1.60. The second kappa shape index (κ2) is 7.82. The first kappa shape index (κ1) is 19.8. The number of imide groups is 1. The first-order valence-electron chi connectivity index (χ1n) is 9.71. The molecule has 2 aliphatic rings. The van der Waals surface area contributed by atoms with E-state index in [2.05, 4.69) is 31.0 Å². The maximum absolute atomic E-state index is 11.9. The van der Waals surface area contributed by atoms with Gasteiger partial charge in [-0.25, -0.2) is 0 Å². The lowest BCUT2D eigenvalue weighted by atomic mass is 10.1. The van der Waals surface area contributed by atoms with Crippen molar-refractivity contribution in [1.29, 1.82) is 0 Å². The zero-order valence-corrected chi connectivity index (χ0v) is 17.7. The lowest BCUT2D eigenvalue weighted by Gasteiger charge is -2.11. The zero-order valence-electron chi connectivity index (χ0n) is 16.2. The molecule has 1 aromatic carbocycles. The van der Waals surface area contributed by atoms with Crippen molar-refractivity contribution < 1.29 is 9.59 Å². The van der Waals surface area contributed by atoms with Gasteiger partial charge in [0.15, 0.2) is 5.65 Å². The van der Waals surface area contributed by atoms with E-state index in [4.69, 9.17) is 23.2 Å². The van der Waals surface area contributed by atoms with Gasteiger partial charge in [0.1, 0.15) is 0 Å². The van der Waals surface area contributed by atoms with Crippen LogP contribution in [0.25, 0.3) is 11.7 Å². The molecule has 1 aliphatic heterocycles. The molecule has 2 fully saturated rings. The lowest BCUT2D eigenvalue weighted by molar-refractivity contribution is -0.124. The summed E-state index contributed by atoms with van der Waals surface area (Å²) in [4.78, 5) is 32.6. The van der Waals surface area contributed by atoms with Gasteiger partial charge in [0.25, 0.3) is 5.91 Å². The quantitative estimate of drug-likeness (QED) is 0.384. The molecule has 1 saturated carbocycles. The van der Waals surface area contributed by atoms with Gasteiger partial charge >= 0.3 is 0 Å². The molecule has 3 N–H and O–H groups in total. The van der Waals surface area contributed by atoms with Crippen LogP contribution in [-0.4, -0.2) is 37.4 Å². The molecule has 0 bridgehead atoms. The molecule has 158 valence electrons. The molecule has 1 aliphatic carbocycles. The van der Waals surface area contributed by atoms with Crippen molar-refractivity contribution >= 4 is 58.6 Å². The number of hydrogen-bond acceptors (Lipinski definition) is 7. The molecule has 2 amide bonds. The number of amides is 2. The molecule has 5 rings (SSSR count). The number of carbonyl (C=O) groups excluding carboxylic acids is 2. The number of rotatable bonds is 6. The maximum atomic E-state index is 11.9. The van der Waals surface area contributed by atoms with Gasteiger partial charge in [-0.1, -0.05) is 29.3 Å². The Morgan fingerprint density at radius 2 is 2.06 bits per heavy atom. The van der Waals surface area contributed by atoms with Crippen LogP contribution in [0, 0.1) is 0 Å². The Hall–Kier alpha value is -3.17. The Morgan fingerprint density at radius 3 is 2.77 bits per heavy atom. The van der Waals surface area contributed by atoms with Crippen LogP contribution < -0.4 is 16.0 Å². The minimum absolute atomic E-state index is 0.0363. The highest BCUT2D eigenvalue weighted by molar-refractivity contribution is 6.35. The molecule has 3 aromatic rings. The zero-order chi connectivity index (χ0) is 21.5. The predicted molar refractivity (Wildman–Crippen MR) is 117 cm³/mol. The molecule has 0 radical (unpaired) electrons. The molecule has 0 spiro atoms. The average Bonchev–Trinajstić information content (AvgIpc) is 3.36. The van der Waals surface area contributed by atoms with E-state index in [1.165, 1.54) is 0 Å². The third-order valence-electron chi connectivity index (χ3n) is 4.98. The Kier molecular flexibility index (Phi) is 4.99. The van der Waals surface area contributed by atoms with Crippen molar-refractivity contribution in [3.8, 4) is 0 Å². The second-order valence-electron chi connectivity index (χ2n) is 7.44. The Bertz CT molecular complexity index is 1250. The monoisotopic (exact) mass is 457 g/mol. The van der Waals surface area contributed by atoms with E-state index in [9.17, 15) is 9.59 Å². The second-order valence-corrected chi connectivity index (χ2v) is 8.28. The minimum atomic E-state index is -0.398. The van der Waals surface area contributed by atoms with Gasteiger partial charge in [0.2, 0.25) is 17.8 Å². The number of hydrogen-bond donors (Lipinski definition) is 3. The van der Waals surface area contributed by atoms with Crippen LogP contribution in [0.1, 0.15) is 30.4 Å². The van der Waals surface area contributed by atoms with E-state index < -0.39 is 5.91 Å². The summed E-state index contributed by atoms with van der Waals surface area (Å²) in [5.74, 6) is 0.216. The van der Waals surface area contributed by atoms with Gasteiger partial charge in [-0.05, 0) is 36.6 Å². The Labute approximate surface area is 186 Å². The fraction of sp³-hybridized carbons (Fsp3) is 0.250. The van der Waals surface area contributed by atoms with Crippen LogP contribution in [-0.2, 0) is 16.1 Å². The summed E-state index contributed by atoms with van der Waals surface area (Å²) in [6.45, 7) is 0.399. The van der Waals surface area contributed by atoms with Gasteiger partial charge in [-0.15, -0.1) is 0 Å². The Balaban J connectivity index is 1.49. The van der Waals surface area contributed by atoms with Crippen LogP contribution >= 0.6 is 23.2 Å². The summed E-state index contributed by atoms with van der Waals surface area (Å²) in [5.41, 5.74) is 2.36. The standard InChI is InChI=1S/C20H17Cl2N7O2/c21-13-2-1-10(15(22)7-13)8-23-19-27-17-12(5-11-6-16(30)26-18(11)31)9-24-29(17)20(28-19)25-14-3-4-14/h1-2,5,7,9,14H,3-4,6,8H2,(H,26,30,31)(H2,23,25,27,28)/b11-5+. The molecular formula is C20H17Cl2N7O2. The summed E-state index contributed by atoms with van der Waals surface area (Å²) in [7, 11) is 0. The fourth-order valence-corrected chi connectivity index (χ4v) is 3.70. The van der Waals surface area contributed by atoms with Crippen LogP contribution in [0.4, 0.5) is 11.9 Å². The smallest absolute Gasteiger partial charge is 0.254 e. The van der Waals surface area contributed by atoms with Gasteiger partial charge in [-0.2, -0.15) is 19.6 Å². The van der Waals surface area contributed by atoms with Crippen LogP contribution in [0.15, 0.2) is 30.0 Å². The van der Waals surface area contributed by atoms with Crippen molar-refractivity contribution in [1.82, 2.24) is 24.9 Å². The van der Waals surface area contributed by atoms with Gasteiger partial charge in [0.05, 0.1) is 12.6 Å². The molecule has 11 heteroatoms. The summed E-state index contributed by atoms with van der Waals surface area (Å²) in [5, 5.41) is 14.3. The highest BCUT2D eigenvalue weighted by Crippen LogP contribution is 2.27. The molecular weight excluding hydrogens is 441 g/mol. The first-order chi connectivity index (χ1) is 15.0. The maximum Gasteiger partial charge on any atom is 0.254 e. The molecule has 0 unspecified atom stereocenters. The number of halogens is 2. The summed E-state index contributed by atoms with van der Waals surface area (Å²) in [6, 6.07) is 5.63. The van der Waals surface area contributed by atoms with Crippen molar-refractivity contribution in [2.45, 2.75) is 31.8 Å². The topological polar surface area (TPSA) is 113 Å². The van der Waals surface area contributed by atoms with Gasteiger partial charge in [-0.3, -0.25) is 14.9 Å². The van der Waals surface area contributed by atoms with Crippen LogP contribution in [0.2, 0.25) is 10.0 Å². The number of anilines is 2. The first-order valence-corrected chi connectivity index (χ1v) is 10.5. The largest absolute Gasteiger partial charge is 0.351 e. The van der Waals surface area contributed by atoms with Gasteiger partial charge in [0, 0.05) is 33.8 Å². The van der Waals surface area contributed by atoms with Crippen molar-refractivity contribution in [2.24, 2.45) is 0 Å². The van der Waals surface area contributed by atoms with Crippen molar-refractivity contribution in [3.63, 3.8) is 0 Å². The number of aromatic nitrogens is 4. The minimum Gasteiger partial charge on any atom is -0.351 e. The molecule has 31 heavy (non-hydrogen) atoms. The van der Waals surface area contributed by atoms with E-state index in [0.29, 0.717) is 51.3 Å². The van der Waals surface area contributed by atoms with Gasteiger partial charge < -0.3 is 10.6 Å². The van der Waals surface area contributed by atoms with Crippen LogP contribution in [0.3, 0.4) is 0 Å². The Morgan fingerprint density at radius 1 is 1.23 bits per heavy atom. The molecule has 0 atom stereocenters. The molecule has 1 saturated heterocycles. The fourth-order valence-electron chi connectivity index (χ4n) is 3.23. The summed E-state index contributed by atoms with van der Waals surface area (Å²) in [6.07, 6.45) is 5.40. The summed E-state index contributed by atoms with van der Waals surface area (Å²) >= 11 is 12.2. The number of benzene rings is 1.